The first kappa shape index (κ1) is 24.7. The van der Waals surface area contributed by atoms with Crippen LogP contribution in [0.2, 0.25) is 0 Å². The van der Waals surface area contributed by atoms with E-state index in [-0.39, 0.29) is 0 Å². The molecule has 0 bridgehead atoms. The molecule has 3 rings (SSSR count). The maximum Gasteiger partial charge on any atom is 0.203 e. The Morgan fingerprint density at radius 2 is 1.53 bits per heavy atom. The summed E-state index contributed by atoms with van der Waals surface area (Å²) in [6.45, 7) is 2.17. The summed E-state index contributed by atoms with van der Waals surface area (Å²) in [5, 5.41) is 6.97. The molecule has 0 amide bonds. The van der Waals surface area contributed by atoms with Gasteiger partial charge in [-0.3, -0.25) is 14.9 Å². The second kappa shape index (κ2) is 12.9. The Balaban J connectivity index is 1.71. The van der Waals surface area contributed by atoms with Gasteiger partial charge in [0, 0.05) is 44.8 Å². The van der Waals surface area contributed by atoms with Crippen LogP contribution in [0.4, 0.5) is 0 Å². The van der Waals surface area contributed by atoms with Gasteiger partial charge in [0.2, 0.25) is 5.75 Å². The zero-order chi connectivity index (χ0) is 24.2. The molecule has 9 heteroatoms. The number of pyridine rings is 2. The van der Waals surface area contributed by atoms with Crippen molar-refractivity contribution < 1.29 is 14.2 Å². The molecule has 0 saturated heterocycles. The zero-order valence-electron chi connectivity index (χ0n) is 19.7. The first-order chi connectivity index (χ1) is 16.7. The van der Waals surface area contributed by atoms with Crippen LogP contribution in [0.15, 0.2) is 77.9 Å². The zero-order valence-corrected chi connectivity index (χ0v) is 19.7. The number of hydrogen-bond donors (Lipinski definition) is 2. The van der Waals surface area contributed by atoms with Crippen LogP contribution in [0.5, 0.6) is 17.2 Å². The van der Waals surface area contributed by atoms with Gasteiger partial charge in [0.25, 0.3) is 0 Å². The van der Waals surface area contributed by atoms with Crippen LogP contribution in [0, 0.1) is 5.53 Å². The highest BCUT2D eigenvalue weighted by Crippen LogP contribution is 2.38. The molecule has 0 fully saturated rings. The first-order valence-electron chi connectivity index (χ1n) is 10.8. The van der Waals surface area contributed by atoms with E-state index >= 15 is 0 Å². The van der Waals surface area contributed by atoms with Crippen LogP contribution in [0.1, 0.15) is 17.0 Å². The molecule has 2 aromatic heterocycles. The average molecular weight is 463 g/mol. The molecule has 2 heterocycles. The van der Waals surface area contributed by atoms with E-state index < -0.39 is 0 Å². The number of nitrogens with zero attached hydrogens (tertiary/aromatic N) is 4. The summed E-state index contributed by atoms with van der Waals surface area (Å²) in [6.07, 6.45) is 5.30. The van der Waals surface area contributed by atoms with Crippen molar-refractivity contribution in [1.29, 1.82) is 5.53 Å². The lowest BCUT2D eigenvalue weighted by atomic mass is 10.2. The molecule has 3 aromatic rings. The molecule has 0 saturated carbocycles. The Morgan fingerprint density at radius 1 is 0.941 bits per heavy atom. The van der Waals surface area contributed by atoms with Crippen molar-refractivity contribution in [2.75, 3.05) is 27.9 Å². The second-order valence-electron chi connectivity index (χ2n) is 7.45. The lowest BCUT2D eigenvalue weighted by molar-refractivity contribution is 0.270. The molecule has 178 valence electrons. The van der Waals surface area contributed by atoms with Crippen LogP contribution < -0.4 is 19.5 Å². The number of rotatable bonds is 13. The molecule has 0 atom stereocenters. The summed E-state index contributed by atoms with van der Waals surface area (Å²) >= 11 is 0. The van der Waals surface area contributed by atoms with Crippen molar-refractivity contribution >= 4 is 0 Å². The SMILES string of the molecule is COc1cc(CN/C=C(/CN(Cc2ccccn2)Cc2ccccn2)N=N)cc(OC)c1OC. The number of ether oxygens (including phenoxy) is 3. The van der Waals surface area contributed by atoms with Crippen molar-refractivity contribution in [3.05, 3.63) is 89.8 Å². The summed E-state index contributed by atoms with van der Waals surface area (Å²) < 4.78 is 16.2. The average Bonchev–Trinajstić information content (AvgIpc) is 2.88. The Bertz CT molecular complexity index is 1010. The summed E-state index contributed by atoms with van der Waals surface area (Å²) in [7, 11) is 4.75. The smallest absolute Gasteiger partial charge is 0.203 e. The summed E-state index contributed by atoms with van der Waals surface area (Å²) in [6, 6.07) is 15.4. The lowest BCUT2D eigenvalue weighted by Gasteiger charge is -2.21. The van der Waals surface area contributed by atoms with Crippen molar-refractivity contribution in [3.8, 4) is 17.2 Å². The van der Waals surface area contributed by atoms with E-state index in [1.165, 1.54) is 0 Å². The molecular formula is C25H30N6O3. The largest absolute Gasteiger partial charge is 0.493 e. The van der Waals surface area contributed by atoms with E-state index in [0.29, 0.717) is 49.1 Å². The first-order valence-corrected chi connectivity index (χ1v) is 10.8. The Morgan fingerprint density at radius 3 is 1.97 bits per heavy atom. The minimum absolute atomic E-state index is 0.457. The fraction of sp³-hybridized carbons (Fsp3) is 0.280. The molecule has 1 aromatic carbocycles. The van der Waals surface area contributed by atoms with Gasteiger partial charge in [-0.15, -0.1) is 0 Å². The van der Waals surface area contributed by atoms with Crippen LogP contribution in [-0.4, -0.2) is 42.7 Å². The molecule has 0 aliphatic rings. The monoisotopic (exact) mass is 462 g/mol. The highest BCUT2D eigenvalue weighted by Gasteiger charge is 2.14. The van der Waals surface area contributed by atoms with Gasteiger partial charge in [-0.1, -0.05) is 12.1 Å². The number of nitrogens with one attached hydrogen (secondary N) is 2. The third-order valence-corrected chi connectivity index (χ3v) is 5.05. The number of benzene rings is 1. The minimum Gasteiger partial charge on any atom is -0.493 e. The van der Waals surface area contributed by atoms with Crippen LogP contribution in [0.25, 0.3) is 0 Å². The molecule has 0 radical (unpaired) electrons. The standard InChI is InChI=1S/C25H30N6O3/c1-32-23-12-19(13-24(33-2)25(23)34-3)14-27-15-22(30-26)18-31(16-20-8-4-6-10-28-20)17-21-9-5-7-11-29-21/h4-13,15,26-27H,14,16-18H2,1-3H3/b22-15-,30-26?. The van der Waals surface area contributed by atoms with Gasteiger partial charge in [0.1, 0.15) is 0 Å². The fourth-order valence-electron chi connectivity index (χ4n) is 3.48. The van der Waals surface area contributed by atoms with Crippen LogP contribution in [0.3, 0.4) is 0 Å². The van der Waals surface area contributed by atoms with Gasteiger partial charge < -0.3 is 19.5 Å². The summed E-state index contributed by atoms with van der Waals surface area (Å²) in [5.74, 6) is 1.72. The van der Waals surface area contributed by atoms with Gasteiger partial charge in [0.05, 0.1) is 38.4 Å². The quantitative estimate of drug-likeness (QED) is 0.367. The third kappa shape index (κ3) is 7.01. The van der Waals surface area contributed by atoms with Crippen LogP contribution >= 0.6 is 0 Å². The summed E-state index contributed by atoms with van der Waals surface area (Å²) in [5.41, 5.74) is 11.1. The third-order valence-electron chi connectivity index (χ3n) is 5.05. The van der Waals surface area contributed by atoms with Gasteiger partial charge in [-0.2, -0.15) is 5.11 Å². The van der Waals surface area contributed by atoms with E-state index in [4.69, 9.17) is 19.7 Å². The molecule has 0 aliphatic carbocycles. The van der Waals surface area contributed by atoms with Gasteiger partial charge in [-0.05, 0) is 42.0 Å². The molecule has 0 aliphatic heterocycles. The predicted molar refractivity (Wildman–Crippen MR) is 129 cm³/mol. The molecule has 34 heavy (non-hydrogen) atoms. The van der Waals surface area contributed by atoms with E-state index in [2.05, 4.69) is 25.3 Å². The normalized spacial score (nSPS) is 11.2. The minimum atomic E-state index is 0.457. The highest BCUT2D eigenvalue weighted by molar-refractivity contribution is 5.53. The van der Waals surface area contributed by atoms with Crippen LogP contribution in [-0.2, 0) is 19.6 Å². The van der Waals surface area contributed by atoms with E-state index in [9.17, 15) is 0 Å². The molecule has 0 unspecified atom stereocenters. The van der Waals surface area contributed by atoms with Crippen molar-refractivity contribution in [2.24, 2.45) is 5.11 Å². The predicted octanol–water partition coefficient (Wildman–Crippen LogP) is 4.17. The van der Waals surface area contributed by atoms with Gasteiger partial charge in [0.15, 0.2) is 11.5 Å². The van der Waals surface area contributed by atoms with Crippen molar-refractivity contribution in [3.63, 3.8) is 0 Å². The van der Waals surface area contributed by atoms with Crippen molar-refractivity contribution in [2.45, 2.75) is 19.6 Å². The van der Waals surface area contributed by atoms with E-state index in [1.807, 2.05) is 48.5 Å². The molecule has 0 spiro atoms. The maximum atomic E-state index is 7.68. The molecule has 2 N–H and O–H groups in total. The number of methoxy groups -OCH3 is 3. The fourth-order valence-corrected chi connectivity index (χ4v) is 3.48. The van der Waals surface area contributed by atoms with E-state index in [0.717, 1.165) is 17.0 Å². The maximum absolute atomic E-state index is 7.68. The lowest BCUT2D eigenvalue weighted by Crippen LogP contribution is -2.26. The molecular weight excluding hydrogens is 432 g/mol. The Hall–Kier alpha value is -3.98. The number of aromatic nitrogens is 2. The Labute approximate surface area is 199 Å². The van der Waals surface area contributed by atoms with Gasteiger partial charge in [-0.25, -0.2) is 5.53 Å². The molecule has 9 nitrogen and oxygen atoms in total. The summed E-state index contributed by atoms with van der Waals surface area (Å²) in [4.78, 5) is 11.0. The van der Waals surface area contributed by atoms with Gasteiger partial charge >= 0.3 is 0 Å². The van der Waals surface area contributed by atoms with Crippen molar-refractivity contribution in [1.82, 2.24) is 20.2 Å². The number of hydrogen-bond acceptors (Lipinski definition) is 9. The second-order valence-corrected chi connectivity index (χ2v) is 7.45. The Kier molecular flexibility index (Phi) is 9.36. The van der Waals surface area contributed by atoms with E-state index in [1.54, 1.807) is 39.9 Å². The topological polar surface area (TPSA) is 105 Å². The highest BCUT2D eigenvalue weighted by atomic mass is 16.5.